The Kier molecular flexibility index (Phi) is 6.92. The first-order valence-corrected chi connectivity index (χ1v) is 12.9. The molecular formula is C23H27ClN4O4S. The number of hydrogen-bond donors (Lipinski definition) is 1. The summed E-state index contributed by atoms with van der Waals surface area (Å²) in [5.74, 6) is -0.318. The number of rotatable bonds is 8. The Balaban J connectivity index is 1.50. The highest BCUT2D eigenvalue weighted by Gasteiger charge is 2.29. The van der Waals surface area contributed by atoms with Gasteiger partial charge in [-0.1, -0.05) is 30.7 Å². The molecule has 0 radical (unpaired) electrons. The van der Waals surface area contributed by atoms with Gasteiger partial charge in [-0.25, -0.2) is 13.2 Å². The Morgan fingerprint density at radius 2 is 1.67 bits per heavy atom. The molecule has 1 saturated heterocycles. The van der Waals surface area contributed by atoms with Gasteiger partial charge >= 0.3 is 5.69 Å². The van der Waals surface area contributed by atoms with E-state index in [1.807, 2.05) is 31.2 Å². The molecule has 0 unspecified atom stereocenters. The molecule has 4 rings (SSSR count). The summed E-state index contributed by atoms with van der Waals surface area (Å²) < 4.78 is 30.6. The normalized spacial score (nSPS) is 14.7. The largest absolute Gasteiger partial charge is 0.329 e. The zero-order valence-corrected chi connectivity index (χ0v) is 20.0. The second kappa shape index (κ2) is 9.70. The second-order valence-corrected chi connectivity index (χ2v) is 10.4. The van der Waals surface area contributed by atoms with Crippen LogP contribution in [0.4, 0.5) is 5.69 Å². The lowest BCUT2D eigenvalue weighted by molar-refractivity contribution is -0.116. The molecule has 176 valence electrons. The highest BCUT2D eigenvalue weighted by molar-refractivity contribution is 7.89. The third-order valence-corrected chi connectivity index (χ3v) is 8.21. The van der Waals surface area contributed by atoms with Crippen molar-refractivity contribution < 1.29 is 13.2 Å². The molecule has 1 N–H and O–H groups in total. The van der Waals surface area contributed by atoms with Gasteiger partial charge in [0.05, 0.1) is 16.1 Å². The van der Waals surface area contributed by atoms with Crippen molar-refractivity contribution in [1.82, 2.24) is 13.4 Å². The highest BCUT2D eigenvalue weighted by Crippen LogP contribution is 2.29. The molecule has 0 atom stereocenters. The molecule has 1 fully saturated rings. The van der Waals surface area contributed by atoms with Crippen LogP contribution >= 0.6 is 11.6 Å². The van der Waals surface area contributed by atoms with Crippen LogP contribution in [0.25, 0.3) is 11.0 Å². The molecule has 2 aromatic carbocycles. The fraction of sp³-hybridized carbons (Fsp3) is 0.391. The smallest absolute Gasteiger partial charge is 0.326 e. The number of hydrogen-bond acceptors (Lipinski definition) is 4. The van der Waals surface area contributed by atoms with Crippen molar-refractivity contribution in [3.8, 4) is 0 Å². The Morgan fingerprint density at radius 3 is 2.30 bits per heavy atom. The van der Waals surface area contributed by atoms with E-state index < -0.39 is 10.0 Å². The average Bonchev–Trinajstić information content (AvgIpc) is 3.42. The molecule has 1 aliphatic rings. The van der Waals surface area contributed by atoms with Gasteiger partial charge in [-0.05, 0) is 49.6 Å². The Bertz CT molecular complexity index is 1340. The lowest BCUT2D eigenvalue weighted by Crippen LogP contribution is -2.28. The van der Waals surface area contributed by atoms with E-state index in [2.05, 4.69) is 5.32 Å². The number of aromatic nitrogens is 2. The van der Waals surface area contributed by atoms with Gasteiger partial charge in [0.1, 0.15) is 4.90 Å². The van der Waals surface area contributed by atoms with Crippen molar-refractivity contribution in [2.24, 2.45) is 0 Å². The van der Waals surface area contributed by atoms with Gasteiger partial charge in [0.15, 0.2) is 0 Å². The van der Waals surface area contributed by atoms with Crippen molar-refractivity contribution >= 4 is 44.3 Å². The fourth-order valence-corrected chi connectivity index (χ4v) is 6.23. The topological polar surface area (TPSA) is 93.4 Å². The number of fused-ring (bicyclic) bond motifs is 1. The van der Waals surface area contributed by atoms with Crippen molar-refractivity contribution in [3.63, 3.8) is 0 Å². The average molecular weight is 491 g/mol. The second-order valence-electron chi connectivity index (χ2n) is 8.13. The predicted octanol–water partition coefficient (Wildman–Crippen LogP) is 3.68. The summed E-state index contributed by atoms with van der Waals surface area (Å²) in [5, 5.41) is 2.86. The number of sulfonamides is 1. The van der Waals surface area contributed by atoms with Crippen LogP contribution in [0.2, 0.25) is 5.02 Å². The lowest BCUT2D eigenvalue weighted by Gasteiger charge is -2.17. The summed E-state index contributed by atoms with van der Waals surface area (Å²) >= 11 is 6.18. The first-order valence-electron chi connectivity index (χ1n) is 11.1. The number of amides is 1. The predicted molar refractivity (Wildman–Crippen MR) is 129 cm³/mol. The van der Waals surface area contributed by atoms with Crippen molar-refractivity contribution in [1.29, 1.82) is 0 Å². The van der Waals surface area contributed by atoms with E-state index >= 15 is 0 Å². The van der Waals surface area contributed by atoms with E-state index in [4.69, 9.17) is 11.6 Å². The summed E-state index contributed by atoms with van der Waals surface area (Å²) in [7, 11) is -3.71. The van der Waals surface area contributed by atoms with Crippen LogP contribution < -0.4 is 11.0 Å². The number of anilines is 1. The standard InChI is InChI=1S/C23H27ClN4O4S/c1-2-12-27-19-7-3-4-8-20(19)28(23(27)30)15-11-22(29)25-17-9-10-18(24)21(16-17)33(31,32)26-13-5-6-14-26/h3-4,7-10,16H,2,5-6,11-15H2,1H3,(H,25,29). The van der Waals surface area contributed by atoms with E-state index in [1.54, 1.807) is 15.2 Å². The molecule has 0 saturated carbocycles. The van der Waals surface area contributed by atoms with Gasteiger partial charge in [0.25, 0.3) is 0 Å². The van der Waals surface area contributed by atoms with E-state index in [0.29, 0.717) is 25.3 Å². The minimum Gasteiger partial charge on any atom is -0.326 e. The number of carbonyl (C=O) groups excluding carboxylic acids is 1. The maximum atomic E-state index is 12.9. The molecule has 1 aliphatic heterocycles. The number of nitrogens with one attached hydrogen (secondary N) is 1. The fourth-order valence-electron chi connectivity index (χ4n) is 4.21. The Morgan fingerprint density at radius 1 is 1.03 bits per heavy atom. The number of imidazole rings is 1. The SMILES string of the molecule is CCCn1c(=O)n(CCC(=O)Nc2ccc(Cl)c(S(=O)(=O)N3CCCC3)c2)c2ccccc21. The Labute approximate surface area is 197 Å². The van der Waals surface area contributed by atoms with Crippen LogP contribution in [0.15, 0.2) is 52.2 Å². The van der Waals surface area contributed by atoms with E-state index in [0.717, 1.165) is 30.3 Å². The number of carbonyl (C=O) groups is 1. The number of nitrogens with zero attached hydrogens (tertiary/aromatic N) is 3. The third-order valence-electron chi connectivity index (χ3n) is 5.83. The molecule has 8 nitrogen and oxygen atoms in total. The highest BCUT2D eigenvalue weighted by atomic mass is 35.5. The van der Waals surface area contributed by atoms with Crippen LogP contribution in [0.1, 0.15) is 32.6 Å². The minimum absolute atomic E-state index is 0.0114. The monoisotopic (exact) mass is 490 g/mol. The zero-order valence-electron chi connectivity index (χ0n) is 18.5. The van der Waals surface area contributed by atoms with Crippen LogP contribution in [0, 0.1) is 0 Å². The van der Waals surface area contributed by atoms with Crippen molar-refractivity contribution in [2.45, 2.75) is 50.6 Å². The van der Waals surface area contributed by atoms with E-state index in [1.165, 1.54) is 16.4 Å². The summed E-state index contributed by atoms with van der Waals surface area (Å²) in [4.78, 5) is 25.5. The molecule has 3 aromatic rings. The van der Waals surface area contributed by atoms with Gasteiger partial charge in [0.2, 0.25) is 15.9 Å². The molecule has 1 aromatic heterocycles. The molecule has 0 bridgehead atoms. The number of aryl methyl sites for hydroxylation is 2. The first-order chi connectivity index (χ1) is 15.8. The lowest BCUT2D eigenvalue weighted by atomic mass is 10.3. The maximum absolute atomic E-state index is 12.9. The molecule has 0 spiro atoms. The van der Waals surface area contributed by atoms with Crippen molar-refractivity contribution in [3.05, 3.63) is 58.0 Å². The Hall–Kier alpha value is -2.62. The molecule has 2 heterocycles. The van der Waals surface area contributed by atoms with Gasteiger partial charge in [0, 0.05) is 38.3 Å². The van der Waals surface area contributed by atoms with Gasteiger partial charge in [-0.3, -0.25) is 13.9 Å². The van der Waals surface area contributed by atoms with Crippen LogP contribution in [-0.2, 0) is 27.9 Å². The summed E-state index contributed by atoms with van der Waals surface area (Å²) in [6.45, 7) is 3.77. The number of benzene rings is 2. The molecular weight excluding hydrogens is 464 g/mol. The van der Waals surface area contributed by atoms with E-state index in [9.17, 15) is 18.0 Å². The third kappa shape index (κ3) is 4.71. The summed E-state index contributed by atoms with van der Waals surface area (Å²) in [6, 6.07) is 12.0. The quantitative estimate of drug-likeness (QED) is 0.521. The zero-order chi connectivity index (χ0) is 23.6. The summed E-state index contributed by atoms with van der Waals surface area (Å²) in [5.41, 5.74) is 1.84. The van der Waals surface area contributed by atoms with Gasteiger partial charge < -0.3 is 5.32 Å². The maximum Gasteiger partial charge on any atom is 0.329 e. The van der Waals surface area contributed by atoms with E-state index in [-0.39, 0.29) is 34.5 Å². The van der Waals surface area contributed by atoms with Gasteiger partial charge in [-0.2, -0.15) is 4.31 Å². The van der Waals surface area contributed by atoms with Crippen molar-refractivity contribution in [2.75, 3.05) is 18.4 Å². The van der Waals surface area contributed by atoms with Gasteiger partial charge in [-0.15, -0.1) is 0 Å². The molecule has 10 heteroatoms. The number of halogens is 1. The molecule has 0 aliphatic carbocycles. The van der Waals surface area contributed by atoms with Crippen LogP contribution in [0.3, 0.4) is 0 Å². The van der Waals surface area contributed by atoms with Crippen LogP contribution in [0.5, 0.6) is 0 Å². The first kappa shape index (κ1) is 23.5. The molecule has 33 heavy (non-hydrogen) atoms. The number of para-hydroxylation sites is 2. The van der Waals surface area contributed by atoms with Crippen LogP contribution in [-0.4, -0.2) is 40.9 Å². The molecule has 1 amide bonds. The minimum atomic E-state index is -3.71. The summed E-state index contributed by atoms with van der Waals surface area (Å²) in [6.07, 6.45) is 2.53.